The third-order valence-electron chi connectivity index (χ3n) is 10.3. The smallest absolute Gasteiger partial charge is 0.306 e. The van der Waals surface area contributed by atoms with Gasteiger partial charge < -0.3 is 14.2 Å². The number of hydrogen-bond donors (Lipinski definition) is 0. The van der Waals surface area contributed by atoms with E-state index in [1.54, 1.807) is 5.57 Å². The van der Waals surface area contributed by atoms with Crippen molar-refractivity contribution in [3.8, 4) is 0 Å². The van der Waals surface area contributed by atoms with E-state index in [1.807, 2.05) is 0 Å². The molecule has 4 nitrogen and oxygen atoms in total. The van der Waals surface area contributed by atoms with Gasteiger partial charge in [0, 0.05) is 24.7 Å². The van der Waals surface area contributed by atoms with Gasteiger partial charge in [-0.1, -0.05) is 25.5 Å². The summed E-state index contributed by atoms with van der Waals surface area (Å²) in [6.45, 7) is 6.48. The number of esters is 1. The Morgan fingerprint density at radius 1 is 0.964 bits per heavy atom. The summed E-state index contributed by atoms with van der Waals surface area (Å²) >= 11 is 0. The molecule has 6 aliphatic rings. The largest absolute Gasteiger partial charge is 0.458 e. The molecule has 154 valence electrons. The third-order valence-corrected chi connectivity index (χ3v) is 10.3. The van der Waals surface area contributed by atoms with Gasteiger partial charge in [0.1, 0.15) is 5.60 Å². The first-order valence-corrected chi connectivity index (χ1v) is 11.6. The van der Waals surface area contributed by atoms with Crippen molar-refractivity contribution < 1.29 is 19.0 Å². The quantitative estimate of drug-likeness (QED) is 0.444. The minimum atomic E-state index is -0.323. The number of hydrogen-bond acceptors (Lipinski definition) is 4. The van der Waals surface area contributed by atoms with E-state index >= 15 is 0 Å². The number of rotatable bonds is 0. The lowest BCUT2D eigenvalue weighted by molar-refractivity contribution is -0.189. The van der Waals surface area contributed by atoms with Crippen molar-refractivity contribution >= 4 is 5.97 Å². The van der Waals surface area contributed by atoms with Crippen molar-refractivity contribution in [3.05, 3.63) is 11.6 Å². The van der Waals surface area contributed by atoms with Crippen LogP contribution in [0.25, 0.3) is 0 Å². The first-order chi connectivity index (χ1) is 13.4. The molecule has 2 saturated heterocycles. The molecule has 5 fully saturated rings. The van der Waals surface area contributed by atoms with Crippen molar-refractivity contribution in [2.45, 2.75) is 89.4 Å². The molecule has 6 atom stereocenters. The fraction of sp³-hybridized carbons (Fsp3) is 0.875. The van der Waals surface area contributed by atoms with E-state index in [1.165, 1.54) is 32.1 Å². The maximum absolute atomic E-state index is 12.0. The van der Waals surface area contributed by atoms with Crippen molar-refractivity contribution in [3.63, 3.8) is 0 Å². The van der Waals surface area contributed by atoms with E-state index in [4.69, 9.17) is 14.2 Å². The average molecular weight is 387 g/mol. The van der Waals surface area contributed by atoms with Crippen molar-refractivity contribution in [1.29, 1.82) is 0 Å². The predicted molar refractivity (Wildman–Crippen MR) is 104 cm³/mol. The average Bonchev–Trinajstić information content (AvgIpc) is 3.36. The monoisotopic (exact) mass is 386 g/mol. The summed E-state index contributed by atoms with van der Waals surface area (Å²) in [7, 11) is 0. The lowest BCUT2D eigenvalue weighted by atomic mass is 9.46. The van der Waals surface area contributed by atoms with E-state index in [0.29, 0.717) is 17.8 Å². The number of allylic oxidation sites excluding steroid dienone is 1. The van der Waals surface area contributed by atoms with Gasteiger partial charge in [-0.25, -0.2) is 0 Å². The van der Waals surface area contributed by atoms with E-state index in [2.05, 4.69) is 19.9 Å². The van der Waals surface area contributed by atoms with E-state index < -0.39 is 0 Å². The molecule has 3 saturated carbocycles. The standard InChI is InChI=1S/C24H34O4/c1-21-11-12-24(26-13-14-27-24)15-16(21)3-4-17-18(21)5-8-22(2)19(17)6-9-23(22)10-7-20(25)28-23/h3,17-19H,4-15H2,1-2H3/t17-,18+,19-,21-,22-,23+/m0/s1. The Kier molecular flexibility index (Phi) is 3.61. The molecule has 0 N–H and O–H groups in total. The lowest BCUT2D eigenvalue weighted by Crippen LogP contribution is -2.55. The van der Waals surface area contributed by atoms with E-state index in [9.17, 15) is 4.79 Å². The fourth-order valence-corrected chi connectivity index (χ4v) is 8.64. The van der Waals surface area contributed by atoms with Gasteiger partial charge in [0.15, 0.2) is 5.79 Å². The summed E-state index contributed by atoms with van der Waals surface area (Å²) in [5.74, 6) is 1.91. The molecule has 2 aliphatic heterocycles. The minimum Gasteiger partial charge on any atom is -0.458 e. The van der Waals surface area contributed by atoms with E-state index in [0.717, 1.165) is 50.7 Å². The van der Waals surface area contributed by atoms with Gasteiger partial charge in [0.2, 0.25) is 0 Å². The molecule has 4 aliphatic carbocycles. The Bertz CT molecular complexity index is 737. The number of carbonyl (C=O) groups is 1. The van der Waals surface area contributed by atoms with Gasteiger partial charge in [0.25, 0.3) is 0 Å². The molecule has 0 amide bonds. The molecule has 0 aromatic rings. The Labute approximate surface area is 168 Å². The molecule has 0 aromatic heterocycles. The number of fused-ring (bicyclic) bond motifs is 6. The van der Waals surface area contributed by atoms with Gasteiger partial charge in [-0.15, -0.1) is 0 Å². The zero-order valence-corrected chi connectivity index (χ0v) is 17.4. The van der Waals surface area contributed by atoms with Crippen LogP contribution in [0.3, 0.4) is 0 Å². The van der Waals surface area contributed by atoms with Crippen LogP contribution in [0.15, 0.2) is 11.6 Å². The predicted octanol–water partition coefficient (Wildman–Crippen LogP) is 4.77. The highest BCUT2D eigenvalue weighted by atomic mass is 16.7. The summed E-state index contributed by atoms with van der Waals surface area (Å²) in [5, 5.41) is 0. The molecule has 28 heavy (non-hydrogen) atoms. The Balaban J connectivity index is 1.31. The van der Waals surface area contributed by atoms with Crippen LogP contribution < -0.4 is 0 Å². The van der Waals surface area contributed by atoms with E-state index in [-0.39, 0.29) is 22.8 Å². The third kappa shape index (κ3) is 2.12. The highest BCUT2D eigenvalue weighted by molar-refractivity contribution is 5.72. The zero-order valence-electron chi connectivity index (χ0n) is 17.4. The molecule has 2 spiro atoms. The zero-order chi connectivity index (χ0) is 19.2. The Morgan fingerprint density at radius 3 is 2.50 bits per heavy atom. The second kappa shape index (κ2) is 5.63. The summed E-state index contributed by atoms with van der Waals surface area (Å²) in [6.07, 6.45) is 13.3. The van der Waals surface area contributed by atoms with Crippen LogP contribution >= 0.6 is 0 Å². The second-order valence-electron chi connectivity index (χ2n) is 11.0. The molecule has 0 aromatic carbocycles. The summed E-state index contributed by atoms with van der Waals surface area (Å²) in [5.41, 5.74) is 1.92. The molecule has 0 unspecified atom stereocenters. The normalized spacial score (nSPS) is 51.6. The lowest BCUT2D eigenvalue weighted by Gasteiger charge is -2.59. The Morgan fingerprint density at radius 2 is 1.75 bits per heavy atom. The second-order valence-corrected chi connectivity index (χ2v) is 11.0. The Hall–Kier alpha value is -0.870. The fourth-order valence-electron chi connectivity index (χ4n) is 8.64. The maximum Gasteiger partial charge on any atom is 0.306 e. The van der Waals surface area contributed by atoms with Gasteiger partial charge in [-0.05, 0) is 68.1 Å². The maximum atomic E-state index is 12.0. The molecule has 4 heteroatoms. The van der Waals surface area contributed by atoms with Gasteiger partial charge in [-0.3, -0.25) is 4.79 Å². The summed E-state index contributed by atoms with van der Waals surface area (Å²) in [4.78, 5) is 12.0. The van der Waals surface area contributed by atoms with Crippen molar-refractivity contribution in [1.82, 2.24) is 0 Å². The number of ether oxygens (including phenoxy) is 3. The molecule has 6 rings (SSSR count). The summed E-state index contributed by atoms with van der Waals surface area (Å²) in [6, 6.07) is 0. The first kappa shape index (κ1) is 17.9. The van der Waals surface area contributed by atoms with Gasteiger partial charge in [0.05, 0.1) is 13.2 Å². The van der Waals surface area contributed by atoms with Crippen LogP contribution in [-0.4, -0.2) is 30.6 Å². The first-order valence-electron chi connectivity index (χ1n) is 11.6. The van der Waals surface area contributed by atoms with Crippen LogP contribution in [0.2, 0.25) is 0 Å². The topological polar surface area (TPSA) is 44.8 Å². The highest BCUT2D eigenvalue weighted by Crippen LogP contribution is 2.69. The van der Waals surface area contributed by atoms with Gasteiger partial charge in [-0.2, -0.15) is 0 Å². The molecule has 0 bridgehead atoms. The molecule has 0 radical (unpaired) electrons. The molecular weight excluding hydrogens is 352 g/mol. The van der Waals surface area contributed by atoms with Crippen LogP contribution in [0.1, 0.15) is 78.1 Å². The van der Waals surface area contributed by atoms with Crippen LogP contribution in [0.4, 0.5) is 0 Å². The highest BCUT2D eigenvalue weighted by Gasteiger charge is 2.67. The van der Waals surface area contributed by atoms with Crippen molar-refractivity contribution in [2.75, 3.05) is 13.2 Å². The van der Waals surface area contributed by atoms with Crippen LogP contribution in [0.5, 0.6) is 0 Å². The SMILES string of the molecule is C[C@]12CCC3(CC1=CC[C@H]1[C@H]2CC[C@@]2(C)[C@H]1CC[C@@]21CCC(=O)O1)OCCO3. The molecule has 2 heterocycles. The number of carbonyl (C=O) groups excluding carboxylic acids is 1. The van der Waals surface area contributed by atoms with Crippen LogP contribution in [0, 0.1) is 28.6 Å². The van der Waals surface area contributed by atoms with Crippen molar-refractivity contribution in [2.24, 2.45) is 28.6 Å². The summed E-state index contributed by atoms with van der Waals surface area (Å²) < 4.78 is 18.2. The van der Waals surface area contributed by atoms with Gasteiger partial charge >= 0.3 is 5.97 Å². The minimum absolute atomic E-state index is 0.0379. The van der Waals surface area contributed by atoms with Crippen LogP contribution in [-0.2, 0) is 19.0 Å². The molecular formula is C24H34O4.